The molecule has 0 amide bonds. The van der Waals surface area contributed by atoms with Crippen LogP contribution >= 0.6 is 0 Å². The van der Waals surface area contributed by atoms with Crippen LogP contribution in [-0.2, 0) is 14.8 Å². The van der Waals surface area contributed by atoms with E-state index in [2.05, 4.69) is 4.72 Å². The Labute approximate surface area is 141 Å². The zero-order chi connectivity index (χ0) is 17.2. The van der Waals surface area contributed by atoms with Crippen molar-refractivity contribution in [1.29, 1.82) is 0 Å². The van der Waals surface area contributed by atoms with Crippen LogP contribution in [0.15, 0.2) is 59.5 Å². The van der Waals surface area contributed by atoms with Crippen LogP contribution < -0.4 is 4.72 Å². The van der Waals surface area contributed by atoms with E-state index in [0.29, 0.717) is 5.56 Å². The Morgan fingerprint density at radius 3 is 2.33 bits per heavy atom. The highest BCUT2D eigenvalue weighted by atomic mass is 32.2. The zero-order valence-corrected chi connectivity index (χ0v) is 13.9. The summed E-state index contributed by atoms with van der Waals surface area (Å²) in [4.78, 5) is 11.4. The van der Waals surface area contributed by atoms with Crippen LogP contribution in [0.5, 0.6) is 0 Å². The second-order valence-electron chi connectivity index (χ2n) is 5.99. The summed E-state index contributed by atoms with van der Waals surface area (Å²) in [6, 6.07) is 14.9. The lowest BCUT2D eigenvalue weighted by molar-refractivity contribution is -0.137. The lowest BCUT2D eigenvalue weighted by atomic mass is 10.1. The monoisotopic (exact) mass is 345 g/mol. The highest BCUT2D eigenvalue weighted by Crippen LogP contribution is 2.42. The van der Waals surface area contributed by atoms with E-state index in [-0.39, 0.29) is 17.2 Å². The van der Waals surface area contributed by atoms with E-state index in [4.69, 9.17) is 5.11 Å². The van der Waals surface area contributed by atoms with Gasteiger partial charge in [0.2, 0.25) is 10.0 Å². The standard InChI is InChI=1S/C18H19NO4S/c20-18(21)12-16(14-6-2-1-3-7-14)19-24(22,23)17-9-5-4-8-15(17)13-10-11-13/h1-9,13,16,19H,10-12H2,(H,20,21). The van der Waals surface area contributed by atoms with Crippen LogP contribution in [0.25, 0.3) is 0 Å². The Morgan fingerprint density at radius 2 is 1.71 bits per heavy atom. The molecule has 0 spiro atoms. The molecule has 2 aromatic carbocycles. The smallest absolute Gasteiger partial charge is 0.305 e. The molecule has 0 aromatic heterocycles. The highest BCUT2D eigenvalue weighted by molar-refractivity contribution is 7.89. The molecule has 24 heavy (non-hydrogen) atoms. The first-order valence-electron chi connectivity index (χ1n) is 7.85. The number of carboxylic acids is 1. The molecule has 1 atom stereocenters. The Bertz CT molecular complexity index is 829. The summed E-state index contributed by atoms with van der Waals surface area (Å²) >= 11 is 0. The molecule has 1 aliphatic carbocycles. The van der Waals surface area contributed by atoms with E-state index in [1.807, 2.05) is 12.1 Å². The zero-order valence-electron chi connectivity index (χ0n) is 13.1. The van der Waals surface area contributed by atoms with E-state index in [1.54, 1.807) is 42.5 Å². The second-order valence-corrected chi connectivity index (χ2v) is 7.68. The molecule has 5 nitrogen and oxygen atoms in total. The fraction of sp³-hybridized carbons (Fsp3) is 0.278. The molecule has 0 saturated heterocycles. The Hall–Kier alpha value is -2.18. The molecule has 0 heterocycles. The maximum atomic E-state index is 12.8. The average Bonchev–Trinajstić information content (AvgIpc) is 3.39. The van der Waals surface area contributed by atoms with Gasteiger partial charge in [-0.05, 0) is 36.0 Å². The van der Waals surface area contributed by atoms with Crippen LogP contribution in [-0.4, -0.2) is 19.5 Å². The number of carbonyl (C=O) groups is 1. The minimum Gasteiger partial charge on any atom is -0.481 e. The summed E-state index contributed by atoms with van der Waals surface area (Å²) in [6.45, 7) is 0. The molecular weight excluding hydrogens is 326 g/mol. The van der Waals surface area contributed by atoms with Crippen molar-refractivity contribution in [3.8, 4) is 0 Å². The molecular formula is C18H19NO4S. The maximum absolute atomic E-state index is 12.8. The van der Waals surface area contributed by atoms with Gasteiger partial charge in [0.25, 0.3) is 0 Å². The van der Waals surface area contributed by atoms with Gasteiger partial charge in [0.05, 0.1) is 17.4 Å². The van der Waals surface area contributed by atoms with Crippen LogP contribution in [0.2, 0.25) is 0 Å². The van der Waals surface area contributed by atoms with Gasteiger partial charge < -0.3 is 5.11 Å². The number of carboxylic acid groups (broad SMARTS) is 1. The number of hydrogen-bond donors (Lipinski definition) is 2. The average molecular weight is 345 g/mol. The van der Waals surface area contributed by atoms with Gasteiger partial charge in [-0.2, -0.15) is 0 Å². The Balaban J connectivity index is 1.92. The number of nitrogens with one attached hydrogen (secondary N) is 1. The molecule has 2 aromatic rings. The van der Waals surface area contributed by atoms with Crippen molar-refractivity contribution in [2.24, 2.45) is 0 Å². The predicted molar refractivity (Wildman–Crippen MR) is 90.2 cm³/mol. The van der Waals surface area contributed by atoms with Crippen LogP contribution in [0, 0.1) is 0 Å². The van der Waals surface area contributed by atoms with Gasteiger partial charge >= 0.3 is 5.97 Å². The summed E-state index contributed by atoms with van der Waals surface area (Å²) in [5.41, 5.74) is 1.44. The first-order valence-corrected chi connectivity index (χ1v) is 9.33. The van der Waals surface area contributed by atoms with Crippen LogP contribution in [0.3, 0.4) is 0 Å². The molecule has 126 valence electrons. The lowest BCUT2D eigenvalue weighted by Gasteiger charge is -2.19. The molecule has 6 heteroatoms. The Morgan fingerprint density at radius 1 is 1.08 bits per heavy atom. The summed E-state index contributed by atoms with van der Waals surface area (Å²) in [5.74, 6) is -0.769. The third-order valence-corrected chi connectivity index (χ3v) is 5.65. The van der Waals surface area contributed by atoms with Crippen LogP contribution in [0.1, 0.15) is 42.3 Å². The minimum atomic E-state index is -3.80. The fourth-order valence-corrected chi connectivity index (χ4v) is 4.32. The van der Waals surface area contributed by atoms with Crippen molar-refractivity contribution < 1.29 is 18.3 Å². The van der Waals surface area contributed by atoms with Crippen molar-refractivity contribution >= 4 is 16.0 Å². The molecule has 0 radical (unpaired) electrons. The molecule has 1 saturated carbocycles. The van der Waals surface area contributed by atoms with Crippen LogP contribution in [0.4, 0.5) is 0 Å². The quantitative estimate of drug-likeness (QED) is 0.808. The normalized spacial score (nSPS) is 15.8. The van der Waals surface area contributed by atoms with E-state index in [9.17, 15) is 13.2 Å². The predicted octanol–water partition coefficient (Wildman–Crippen LogP) is 3.06. The van der Waals surface area contributed by atoms with Gasteiger partial charge in [-0.15, -0.1) is 0 Å². The van der Waals surface area contributed by atoms with Gasteiger partial charge in [0, 0.05) is 0 Å². The minimum absolute atomic E-state index is 0.249. The topological polar surface area (TPSA) is 83.5 Å². The highest BCUT2D eigenvalue weighted by Gasteiger charge is 2.31. The first-order chi connectivity index (χ1) is 11.5. The number of aliphatic carboxylic acids is 1. The largest absolute Gasteiger partial charge is 0.481 e. The summed E-state index contributed by atoms with van der Waals surface area (Å²) in [7, 11) is -3.80. The van der Waals surface area contributed by atoms with Crippen molar-refractivity contribution in [2.45, 2.75) is 36.1 Å². The molecule has 2 N–H and O–H groups in total. The van der Waals surface area contributed by atoms with Crippen molar-refractivity contribution in [2.75, 3.05) is 0 Å². The molecule has 1 aliphatic rings. The van der Waals surface area contributed by atoms with Gasteiger partial charge in [-0.1, -0.05) is 48.5 Å². The molecule has 0 bridgehead atoms. The maximum Gasteiger partial charge on any atom is 0.305 e. The summed E-state index contributed by atoms with van der Waals surface area (Å²) in [6.07, 6.45) is 1.67. The third-order valence-electron chi connectivity index (χ3n) is 4.10. The van der Waals surface area contributed by atoms with Gasteiger partial charge in [0.1, 0.15) is 0 Å². The summed E-state index contributed by atoms with van der Waals surface area (Å²) in [5, 5.41) is 9.13. The van der Waals surface area contributed by atoms with E-state index < -0.39 is 22.0 Å². The second kappa shape index (κ2) is 6.75. The van der Waals surface area contributed by atoms with E-state index >= 15 is 0 Å². The van der Waals surface area contributed by atoms with Crippen molar-refractivity contribution in [3.05, 3.63) is 65.7 Å². The molecule has 1 fully saturated rings. The Kier molecular flexibility index (Phi) is 4.69. The van der Waals surface area contributed by atoms with Crippen molar-refractivity contribution in [1.82, 2.24) is 4.72 Å². The van der Waals surface area contributed by atoms with Gasteiger partial charge in [0.15, 0.2) is 0 Å². The number of hydrogen-bond acceptors (Lipinski definition) is 3. The van der Waals surface area contributed by atoms with E-state index in [0.717, 1.165) is 18.4 Å². The SMILES string of the molecule is O=C(O)CC(NS(=O)(=O)c1ccccc1C1CC1)c1ccccc1. The lowest BCUT2D eigenvalue weighted by Crippen LogP contribution is -2.31. The van der Waals surface area contributed by atoms with Gasteiger partial charge in [-0.25, -0.2) is 13.1 Å². The molecule has 0 aliphatic heterocycles. The van der Waals surface area contributed by atoms with Gasteiger partial charge in [-0.3, -0.25) is 4.79 Å². The number of rotatable bonds is 7. The fourth-order valence-electron chi connectivity index (χ4n) is 2.80. The third kappa shape index (κ3) is 3.83. The van der Waals surface area contributed by atoms with E-state index in [1.165, 1.54) is 0 Å². The number of sulfonamides is 1. The summed E-state index contributed by atoms with van der Waals surface area (Å²) < 4.78 is 28.3. The molecule has 3 rings (SSSR count). The van der Waals surface area contributed by atoms with Crippen molar-refractivity contribution in [3.63, 3.8) is 0 Å². The number of benzene rings is 2. The first kappa shape index (κ1) is 16.7. The molecule has 1 unspecified atom stereocenters.